The molecule has 0 amide bonds. The molecule has 3 heteroatoms. The lowest BCUT2D eigenvalue weighted by Gasteiger charge is -2.31. The average molecular weight is 180 g/mol. The molecule has 1 heterocycles. The first-order valence-corrected chi connectivity index (χ1v) is 5.25. The van der Waals surface area contributed by atoms with Crippen molar-refractivity contribution in [2.24, 2.45) is 11.8 Å². The van der Waals surface area contributed by atoms with Crippen molar-refractivity contribution in [1.82, 2.24) is 4.81 Å². The number of piperidine rings is 1. The normalized spacial score (nSPS) is 20.5. The molecule has 0 bridgehead atoms. The maximum atomic E-state index is 10.2. The van der Waals surface area contributed by atoms with Gasteiger partial charge >= 0.3 is 0 Å². The minimum absolute atomic E-state index is 0.812. The molecule has 0 aromatic carbocycles. The SMILES string of the molecule is CC(C)CC1CCN([B]C=O)CC1. The highest BCUT2D eigenvalue weighted by molar-refractivity contribution is 6.64. The van der Waals surface area contributed by atoms with Gasteiger partial charge in [-0.25, -0.2) is 0 Å². The summed E-state index contributed by atoms with van der Waals surface area (Å²) >= 11 is 0. The number of hydrogen-bond acceptors (Lipinski definition) is 2. The van der Waals surface area contributed by atoms with Crippen molar-refractivity contribution < 1.29 is 4.79 Å². The molecule has 0 unspecified atom stereocenters. The first kappa shape index (κ1) is 10.8. The van der Waals surface area contributed by atoms with Crippen LogP contribution in [0, 0.1) is 11.8 Å². The Bertz CT molecular complexity index is 153. The lowest BCUT2D eigenvalue weighted by molar-refractivity contribution is 0.250. The molecule has 0 spiro atoms. The standard InChI is InChI=1S/C10H19BNO/c1-9(2)7-10-3-5-12(6-4-10)11-8-13/h8-10H,3-7H2,1-2H3. The van der Waals surface area contributed by atoms with Crippen LogP contribution in [-0.4, -0.2) is 31.5 Å². The number of rotatable bonds is 4. The summed E-state index contributed by atoms with van der Waals surface area (Å²) in [6.07, 6.45) is 4.74. The number of carbonyl (C=O) groups is 1. The van der Waals surface area contributed by atoms with Crippen LogP contribution in [0.2, 0.25) is 0 Å². The molecule has 1 fully saturated rings. The van der Waals surface area contributed by atoms with Crippen LogP contribution in [0.3, 0.4) is 0 Å². The molecular formula is C10H19BNO. The van der Waals surface area contributed by atoms with Crippen LogP contribution in [-0.2, 0) is 4.79 Å². The summed E-state index contributed by atoms with van der Waals surface area (Å²) < 4.78 is 0. The van der Waals surface area contributed by atoms with Gasteiger partial charge < -0.3 is 9.61 Å². The van der Waals surface area contributed by atoms with Crippen molar-refractivity contribution in [3.63, 3.8) is 0 Å². The Kier molecular flexibility index (Phi) is 4.50. The molecule has 1 radical (unpaired) electrons. The third-order valence-electron chi connectivity index (χ3n) is 2.73. The minimum Gasteiger partial charge on any atom is -0.340 e. The molecule has 1 saturated heterocycles. The zero-order valence-electron chi connectivity index (χ0n) is 8.70. The predicted octanol–water partition coefficient (Wildman–Crippen LogP) is 1.55. The minimum atomic E-state index is 0.812. The van der Waals surface area contributed by atoms with Gasteiger partial charge in [0, 0.05) is 0 Å². The fourth-order valence-corrected chi connectivity index (χ4v) is 2.09. The average Bonchev–Trinajstić information content (AvgIpc) is 2.08. The molecule has 0 atom stereocenters. The summed E-state index contributed by atoms with van der Waals surface area (Å²) in [5, 5.41) is 0. The van der Waals surface area contributed by atoms with Crippen molar-refractivity contribution in [3.8, 4) is 0 Å². The Balaban J connectivity index is 2.18. The Labute approximate surface area is 81.9 Å². The zero-order chi connectivity index (χ0) is 9.68. The van der Waals surface area contributed by atoms with E-state index in [2.05, 4.69) is 18.7 Å². The van der Waals surface area contributed by atoms with Crippen molar-refractivity contribution in [3.05, 3.63) is 0 Å². The Morgan fingerprint density at radius 3 is 2.54 bits per heavy atom. The first-order valence-electron chi connectivity index (χ1n) is 5.25. The van der Waals surface area contributed by atoms with Gasteiger partial charge in [-0.3, -0.25) is 0 Å². The second-order valence-electron chi connectivity index (χ2n) is 4.39. The van der Waals surface area contributed by atoms with Crippen molar-refractivity contribution in [2.75, 3.05) is 13.1 Å². The van der Waals surface area contributed by atoms with Crippen LogP contribution in [0.15, 0.2) is 0 Å². The molecule has 2 nitrogen and oxygen atoms in total. The van der Waals surface area contributed by atoms with Gasteiger partial charge in [0.15, 0.2) is 0 Å². The molecule has 1 aliphatic heterocycles. The van der Waals surface area contributed by atoms with Gasteiger partial charge in [0.05, 0.1) is 6.19 Å². The maximum Gasteiger partial charge on any atom is 0.293 e. The van der Waals surface area contributed by atoms with Crippen LogP contribution in [0.25, 0.3) is 0 Å². The maximum absolute atomic E-state index is 10.2. The van der Waals surface area contributed by atoms with Gasteiger partial charge in [-0.2, -0.15) is 0 Å². The smallest absolute Gasteiger partial charge is 0.293 e. The molecule has 1 aliphatic rings. The molecule has 0 aromatic rings. The highest BCUT2D eigenvalue weighted by Crippen LogP contribution is 2.23. The summed E-state index contributed by atoms with van der Waals surface area (Å²) in [5.74, 6) is 1.70. The van der Waals surface area contributed by atoms with Crippen molar-refractivity contribution in [1.29, 1.82) is 0 Å². The third-order valence-corrected chi connectivity index (χ3v) is 2.73. The molecule has 0 aromatic heterocycles. The molecule has 0 aliphatic carbocycles. The number of nitrogens with zero attached hydrogens (tertiary/aromatic N) is 1. The van der Waals surface area contributed by atoms with Crippen LogP contribution in [0.1, 0.15) is 33.1 Å². The Morgan fingerprint density at radius 1 is 1.46 bits per heavy atom. The monoisotopic (exact) mass is 180 g/mol. The number of hydrogen-bond donors (Lipinski definition) is 0. The fourth-order valence-electron chi connectivity index (χ4n) is 2.09. The fraction of sp³-hybridized carbons (Fsp3) is 0.900. The van der Waals surface area contributed by atoms with Crippen LogP contribution < -0.4 is 0 Å². The van der Waals surface area contributed by atoms with E-state index in [0.717, 1.165) is 31.1 Å². The molecule has 0 N–H and O–H groups in total. The first-order chi connectivity index (χ1) is 6.22. The van der Waals surface area contributed by atoms with E-state index in [-0.39, 0.29) is 0 Å². The largest absolute Gasteiger partial charge is 0.340 e. The highest BCUT2D eigenvalue weighted by atomic mass is 16.1. The lowest BCUT2D eigenvalue weighted by Crippen LogP contribution is -2.37. The molecule has 73 valence electrons. The molecule has 1 rings (SSSR count). The van der Waals surface area contributed by atoms with Crippen molar-refractivity contribution in [2.45, 2.75) is 33.1 Å². The summed E-state index contributed by atoms with van der Waals surface area (Å²) in [6, 6.07) is 0. The van der Waals surface area contributed by atoms with Gasteiger partial charge in [-0.1, -0.05) is 13.8 Å². The Morgan fingerprint density at radius 2 is 2.08 bits per heavy atom. The number of carbonyl (C=O) groups excluding carboxylic acids is 1. The van der Waals surface area contributed by atoms with Crippen LogP contribution in [0.5, 0.6) is 0 Å². The van der Waals surface area contributed by atoms with E-state index in [4.69, 9.17) is 0 Å². The summed E-state index contributed by atoms with van der Waals surface area (Å²) in [6.45, 7) is 6.69. The lowest BCUT2D eigenvalue weighted by atomic mass is 9.84. The molecule has 13 heavy (non-hydrogen) atoms. The van der Waals surface area contributed by atoms with Gasteiger partial charge in [0.2, 0.25) is 0 Å². The van der Waals surface area contributed by atoms with Crippen molar-refractivity contribution >= 4 is 13.6 Å². The van der Waals surface area contributed by atoms with E-state index >= 15 is 0 Å². The van der Waals surface area contributed by atoms with E-state index in [1.54, 1.807) is 7.41 Å². The van der Waals surface area contributed by atoms with E-state index < -0.39 is 0 Å². The predicted molar refractivity (Wildman–Crippen MR) is 56.3 cm³/mol. The van der Waals surface area contributed by atoms with Gasteiger partial charge in [0.25, 0.3) is 7.41 Å². The molecule has 0 saturated carbocycles. The Hall–Kier alpha value is -0.305. The van der Waals surface area contributed by atoms with Gasteiger partial charge in [-0.15, -0.1) is 0 Å². The van der Waals surface area contributed by atoms with Crippen LogP contribution in [0.4, 0.5) is 0 Å². The van der Waals surface area contributed by atoms with E-state index in [0.29, 0.717) is 0 Å². The second-order valence-corrected chi connectivity index (χ2v) is 4.39. The van der Waals surface area contributed by atoms with Crippen LogP contribution >= 0.6 is 0 Å². The van der Waals surface area contributed by atoms with Gasteiger partial charge in [0.1, 0.15) is 0 Å². The quantitative estimate of drug-likeness (QED) is 0.483. The van der Waals surface area contributed by atoms with E-state index in [1.807, 2.05) is 0 Å². The third kappa shape index (κ3) is 3.94. The van der Waals surface area contributed by atoms with Gasteiger partial charge in [-0.05, 0) is 44.2 Å². The van der Waals surface area contributed by atoms with E-state index in [1.165, 1.54) is 19.3 Å². The zero-order valence-corrected chi connectivity index (χ0v) is 8.70. The molecular weight excluding hydrogens is 161 g/mol. The summed E-state index contributed by atoms with van der Waals surface area (Å²) in [4.78, 5) is 12.4. The summed E-state index contributed by atoms with van der Waals surface area (Å²) in [7, 11) is 1.67. The van der Waals surface area contributed by atoms with E-state index in [9.17, 15) is 4.79 Å². The highest BCUT2D eigenvalue weighted by Gasteiger charge is 2.19. The second kappa shape index (κ2) is 5.43. The topological polar surface area (TPSA) is 20.3 Å². The summed E-state index contributed by atoms with van der Waals surface area (Å²) in [5.41, 5.74) is 0.